The normalized spacial score (nSPS) is 11.5. The van der Waals surface area contributed by atoms with Gasteiger partial charge >= 0.3 is 0 Å². The highest BCUT2D eigenvalue weighted by molar-refractivity contribution is 6.22. The average Bonchev–Trinajstić information content (AvgIpc) is 3.23. The number of hydrogen-bond donors (Lipinski definition) is 0. The third-order valence-electron chi connectivity index (χ3n) is 10.3. The smallest absolute Gasteiger partial charge is 0.160 e. The number of fused-ring (bicyclic) bond motifs is 5. The Bertz CT molecular complexity index is 2940. The van der Waals surface area contributed by atoms with Crippen LogP contribution in [-0.2, 0) is 0 Å². The van der Waals surface area contributed by atoms with Gasteiger partial charge in [-0.15, -0.1) is 0 Å². The SMILES string of the molecule is c1ccc(-c2cc(-c3ccccc3-c3cccc4ccccc34)nc(-c3ccc(-c4c5ccccc5cc5ccc6ccccc6c45)cc3)n2)cc1. The molecule has 9 aromatic carbocycles. The van der Waals surface area contributed by atoms with Gasteiger partial charge in [0.05, 0.1) is 11.4 Å². The molecule has 0 spiro atoms. The van der Waals surface area contributed by atoms with Gasteiger partial charge in [0.15, 0.2) is 5.82 Å². The first kappa shape index (κ1) is 30.0. The molecular formula is C50H32N2. The quantitative estimate of drug-likeness (QED) is 0.136. The van der Waals surface area contributed by atoms with Gasteiger partial charge in [-0.3, -0.25) is 0 Å². The summed E-state index contributed by atoms with van der Waals surface area (Å²) in [6.45, 7) is 0. The summed E-state index contributed by atoms with van der Waals surface area (Å²) in [4.78, 5) is 10.5. The third-order valence-corrected chi connectivity index (χ3v) is 10.3. The minimum absolute atomic E-state index is 0.698. The van der Waals surface area contributed by atoms with Gasteiger partial charge in [0, 0.05) is 16.7 Å². The standard InChI is InChI=1S/C50H32N2/c1-2-15-35(16-3-1)46-32-47(45-23-11-10-22-44(45)43-24-12-18-33-13-4-7-19-40(33)43)52-50(51-46)37-28-26-36(27-29-37)48-42-21-9-6-17-38(42)31-39-30-25-34-14-5-8-20-41(34)49(39)48/h1-32H. The molecule has 0 atom stereocenters. The molecule has 0 radical (unpaired) electrons. The minimum Gasteiger partial charge on any atom is -0.228 e. The van der Waals surface area contributed by atoms with Crippen molar-refractivity contribution in [3.8, 4) is 56.2 Å². The molecule has 0 aliphatic heterocycles. The van der Waals surface area contributed by atoms with Crippen molar-refractivity contribution < 1.29 is 0 Å². The number of aromatic nitrogens is 2. The molecule has 10 aromatic rings. The predicted molar refractivity (Wildman–Crippen MR) is 219 cm³/mol. The van der Waals surface area contributed by atoms with E-state index in [2.05, 4.69) is 188 Å². The second-order valence-corrected chi connectivity index (χ2v) is 13.3. The topological polar surface area (TPSA) is 25.8 Å². The zero-order chi connectivity index (χ0) is 34.4. The van der Waals surface area contributed by atoms with Crippen molar-refractivity contribution in [2.45, 2.75) is 0 Å². The zero-order valence-electron chi connectivity index (χ0n) is 28.4. The number of hydrogen-bond acceptors (Lipinski definition) is 2. The van der Waals surface area contributed by atoms with Gasteiger partial charge in [-0.05, 0) is 77.5 Å². The van der Waals surface area contributed by atoms with E-state index in [1.54, 1.807) is 0 Å². The van der Waals surface area contributed by atoms with Crippen LogP contribution in [0.4, 0.5) is 0 Å². The molecule has 52 heavy (non-hydrogen) atoms. The third kappa shape index (κ3) is 5.12. The van der Waals surface area contributed by atoms with E-state index < -0.39 is 0 Å². The molecule has 1 aromatic heterocycles. The lowest BCUT2D eigenvalue weighted by Crippen LogP contribution is -1.97. The van der Waals surface area contributed by atoms with Crippen molar-refractivity contribution in [1.82, 2.24) is 9.97 Å². The first-order chi connectivity index (χ1) is 25.8. The van der Waals surface area contributed by atoms with Crippen LogP contribution in [0.5, 0.6) is 0 Å². The van der Waals surface area contributed by atoms with Gasteiger partial charge in [0.1, 0.15) is 0 Å². The van der Waals surface area contributed by atoms with E-state index in [0.717, 1.165) is 33.6 Å². The summed E-state index contributed by atoms with van der Waals surface area (Å²) in [6, 6.07) is 69.2. The molecular weight excluding hydrogens is 629 g/mol. The zero-order valence-corrected chi connectivity index (χ0v) is 28.4. The van der Waals surface area contributed by atoms with Crippen LogP contribution in [-0.4, -0.2) is 9.97 Å². The fourth-order valence-electron chi connectivity index (χ4n) is 7.80. The summed E-state index contributed by atoms with van der Waals surface area (Å²) in [6.07, 6.45) is 0. The molecule has 0 fully saturated rings. The maximum atomic E-state index is 5.30. The highest BCUT2D eigenvalue weighted by Crippen LogP contribution is 2.41. The van der Waals surface area contributed by atoms with Crippen LogP contribution in [0.2, 0.25) is 0 Å². The largest absolute Gasteiger partial charge is 0.228 e. The second-order valence-electron chi connectivity index (χ2n) is 13.3. The molecule has 0 saturated carbocycles. The van der Waals surface area contributed by atoms with Crippen LogP contribution >= 0.6 is 0 Å². The first-order valence-electron chi connectivity index (χ1n) is 17.7. The van der Waals surface area contributed by atoms with Gasteiger partial charge in [0.2, 0.25) is 0 Å². The summed E-state index contributed by atoms with van der Waals surface area (Å²) >= 11 is 0. The van der Waals surface area contributed by atoms with E-state index in [-0.39, 0.29) is 0 Å². The summed E-state index contributed by atoms with van der Waals surface area (Å²) in [5, 5.41) is 9.94. The van der Waals surface area contributed by atoms with E-state index in [9.17, 15) is 0 Å². The van der Waals surface area contributed by atoms with E-state index >= 15 is 0 Å². The monoisotopic (exact) mass is 660 g/mol. The molecule has 0 aliphatic carbocycles. The fraction of sp³-hybridized carbons (Fsp3) is 0. The second kappa shape index (κ2) is 12.5. The molecule has 0 N–H and O–H groups in total. The maximum Gasteiger partial charge on any atom is 0.160 e. The lowest BCUT2D eigenvalue weighted by molar-refractivity contribution is 1.18. The summed E-state index contributed by atoms with van der Waals surface area (Å²) in [5.41, 5.74) is 9.64. The van der Waals surface area contributed by atoms with E-state index in [1.165, 1.54) is 59.8 Å². The van der Waals surface area contributed by atoms with Crippen molar-refractivity contribution in [3.63, 3.8) is 0 Å². The van der Waals surface area contributed by atoms with Crippen molar-refractivity contribution in [1.29, 1.82) is 0 Å². The molecule has 2 heteroatoms. The average molecular weight is 661 g/mol. The van der Waals surface area contributed by atoms with Crippen molar-refractivity contribution >= 4 is 43.1 Å². The molecule has 242 valence electrons. The van der Waals surface area contributed by atoms with Gasteiger partial charge in [-0.25, -0.2) is 9.97 Å². The molecule has 10 rings (SSSR count). The van der Waals surface area contributed by atoms with Crippen LogP contribution in [0.1, 0.15) is 0 Å². The van der Waals surface area contributed by atoms with Crippen LogP contribution in [0, 0.1) is 0 Å². The lowest BCUT2D eigenvalue weighted by atomic mass is 9.89. The summed E-state index contributed by atoms with van der Waals surface area (Å²) < 4.78 is 0. The highest BCUT2D eigenvalue weighted by Gasteiger charge is 2.17. The number of rotatable bonds is 5. The fourth-order valence-corrected chi connectivity index (χ4v) is 7.80. The molecule has 0 amide bonds. The number of nitrogens with zero attached hydrogens (tertiary/aromatic N) is 2. The maximum absolute atomic E-state index is 5.30. The molecule has 0 bridgehead atoms. The Balaban J connectivity index is 1.16. The Morgan fingerprint density at radius 3 is 1.65 bits per heavy atom. The van der Waals surface area contributed by atoms with Crippen LogP contribution in [0.25, 0.3) is 99.2 Å². The van der Waals surface area contributed by atoms with Crippen LogP contribution in [0.15, 0.2) is 194 Å². The molecule has 0 unspecified atom stereocenters. The van der Waals surface area contributed by atoms with E-state index in [1.807, 2.05) is 6.07 Å². The van der Waals surface area contributed by atoms with Crippen molar-refractivity contribution in [2.75, 3.05) is 0 Å². The van der Waals surface area contributed by atoms with Gasteiger partial charge in [0.25, 0.3) is 0 Å². The Hall–Kier alpha value is -6.90. The van der Waals surface area contributed by atoms with Gasteiger partial charge < -0.3 is 0 Å². The molecule has 1 heterocycles. The Morgan fingerprint density at radius 1 is 0.288 bits per heavy atom. The van der Waals surface area contributed by atoms with Crippen LogP contribution in [0.3, 0.4) is 0 Å². The van der Waals surface area contributed by atoms with Crippen molar-refractivity contribution in [2.24, 2.45) is 0 Å². The molecule has 0 aliphatic rings. The van der Waals surface area contributed by atoms with E-state index in [4.69, 9.17) is 9.97 Å². The Morgan fingerprint density at radius 2 is 0.846 bits per heavy atom. The van der Waals surface area contributed by atoms with Gasteiger partial charge in [-0.2, -0.15) is 0 Å². The molecule has 0 saturated heterocycles. The Kier molecular flexibility index (Phi) is 7.18. The molecule has 2 nitrogen and oxygen atoms in total. The summed E-state index contributed by atoms with van der Waals surface area (Å²) in [5.74, 6) is 0.698. The van der Waals surface area contributed by atoms with Crippen LogP contribution < -0.4 is 0 Å². The lowest BCUT2D eigenvalue weighted by Gasteiger charge is -2.16. The first-order valence-corrected chi connectivity index (χ1v) is 17.7. The Labute approximate surface area is 302 Å². The number of benzene rings is 9. The van der Waals surface area contributed by atoms with E-state index in [0.29, 0.717) is 5.82 Å². The van der Waals surface area contributed by atoms with Gasteiger partial charge in [-0.1, -0.05) is 182 Å². The highest BCUT2D eigenvalue weighted by atomic mass is 14.9. The predicted octanol–water partition coefficient (Wildman–Crippen LogP) is 13.4. The summed E-state index contributed by atoms with van der Waals surface area (Å²) in [7, 11) is 0. The minimum atomic E-state index is 0.698. The van der Waals surface area contributed by atoms with Crippen molar-refractivity contribution in [3.05, 3.63) is 194 Å².